The second-order valence-corrected chi connectivity index (χ2v) is 3.08. The number of aromatic hydroxyl groups is 1. The molecular formula is C10H10F2O2. The summed E-state index contributed by atoms with van der Waals surface area (Å²) in [4.78, 5) is 11.0. The maximum atomic E-state index is 12.4. The Hall–Kier alpha value is -1.45. The maximum Gasteiger partial charge on any atom is 0.264 e. The number of phenolic OH excluding ortho intramolecular Hbond substituents is 1. The molecule has 76 valence electrons. The number of phenols is 1. The Morgan fingerprint density at radius 2 is 2.00 bits per heavy atom. The third kappa shape index (κ3) is 1.89. The number of aryl methyl sites for hydroxylation is 1. The van der Waals surface area contributed by atoms with E-state index < -0.39 is 17.8 Å². The van der Waals surface area contributed by atoms with Gasteiger partial charge < -0.3 is 5.11 Å². The number of rotatable bonds is 2. The number of Topliss-reactive ketones (excluding diaryl/α,β-unsaturated/α-hetero) is 1. The molecule has 0 radical (unpaired) electrons. The summed E-state index contributed by atoms with van der Waals surface area (Å²) in [7, 11) is 0. The fourth-order valence-electron chi connectivity index (χ4n) is 1.20. The predicted octanol–water partition coefficient (Wildman–Crippen LogP) is 2.84. The number of benzene rings is 1. The highest BCUT2D eigenvalue weighted by Crippen LogP contribution is 2.29. The van der Waals surface area contributed by atoms with Gasteiger partial charge in [-0.05, 0) is 31.5 Å². The molecule has 0 amide bonds. The first-order valence-corrected chi connectivity index (χ1v) is 4.06. The minimum Gasteiger partial charge on any atom is -0.508 e. The van der Waals surface area contributed by atoms with E-state index in [9.17, 15) is 18.7 Å². The van der Waals surface area contributed by atoms with E-state index in [0.29, 0.717) is 5.56 Å². The number of ketones is 1. The van der Waals surface area contributed by atoms with Crippen molar-refractivity contribution in [1.29, 1.82) is 0 Å². The molecule has 0 spiro atoms. The van der Waals surface area contributed by atoms with E-state index in [1.807, 2.05) is 0 Å². The standard InChI is InChI=1S/C10H10F2O2/c1-5-3-7(6(2)13)8(10(11)12)4-9(5)14/h3-4,10,14H,1-2H3. The molecule has 0 heterocycles. The molecule has 1 rings (SSSR count). The SMILES string of the molecule is CC(=O)c1cc(C)c(O)cc1C(F)F. The molecule has 1 N–H and O–H groups in total. The van der Waals surface area contributed by atoms with Gasteiger partial charge in [0.15, 0.2) is 5.78 Å². The zero-order chi connectivity index (χ0) is 10.9. The molecule has 1 aromatic rings. The number of hydrogen-bond acceptors (Lipinski definition) is 2. The largest absolute Gasteiger partial charge is 0.508 e. The van der Waals surface area contributed by atoms with Crippen molar-refractivity contribution >= 4 is 5.78 Å². The zero-order valence-corrected chi connectivity index (χ0v) is 7.84. The molecule has 2 nitrogen and oxygen atoms in total. The van der Waals surface area contributed by atoms with E-state index in [4.69, 9.17) is 0 Å². The van der Waals surface area contributed by atoms with Gasteiger partial charge in [-0.3, -0.25) is 4.79 Å². The quantitative estimate of drug-likeness (QED) is 0.745. The summed E-state index contributed by atoms with van der Waals surface area (Å²) < 4.78 is 24.9. The first kappa shape index (κ1) is 10.6. The van der Waals surface area contributed by atoms with E-state index in [-0.39, 0.29) is 11.3 Å². The van der Waals surface area contributed by atoms with Crippen molar-refractivity contribution in [3.8, 4) is 5.75 Å². The Kier molecular flexibility index (Phi) is 2.84. The van der Waals surface area contributed by atoms with Crippen molar-refractivity contribution in [2.75, 3.05) is 0 Å². The van der Waals surface area contributed by atoms with Gasteiger partial charge in [0.25, 0.3) is 6.43 Å². The van der Waals surface area contributed by atoms with Gasteiger partial charge in [0.05, 0.1) is 0 Å². The van der Waals surface area contributed by atoms with Gasteiger partial charge in [-0.1, -0.05) is 0 Å². The van der Waals surface area contributed by atoms with Crippen LogP contribution in [0.4, 0.5) is 8.78 Å². The molecule has 14 heavy (non-hydrogen) atoms. The van der Waals surface area contributed by atoms with Gasteiger partial charge in [-0.2, -0.15) is 0 Å². The van der Waals surface area contributed by atoms with Crippen molar-refractivity contribution in [3.05, 3.63) is 28.8 Å². The minimum absolute atomic E-state index is 0.0321. The molecule has 4 heteroatoms. The Morgan fingerprint density at radius 1 is 1.43 bits per heavy atom. The van der Waals surface area contributed by atoms with E-state index in [1.54, 1.807) is 6.92 Å². The predicted molar refractivity (Wildman–Crippen MR) is 47.8 cm³/mol. The third-order valence-corrected chi connectivity index (χ3v) is 1.98. The van der Waals surface area contributed by atoms with Crippen LogP contribution in [-0.4, -0.2) is 10.9 Å². The summed E-state index contributed by atoms with van der Waals surface area (Å²) in [6.07, 6.45) is -2.75. The molecule has 1 aromatic carbocycles. The van der Waals surface area contributed by atoms with Crippen LogP contribution in [0.3, 0.4) is 0 Å². The molecule has 0 fully saturated rings. The lowest BCUT2D eigenvalue weighted by atomic mass is 10.0. The fraction of sp³-hybridized carbons (Fsp3) is 0.300. The third-order valence-electron chi connectivity index (χ3n) is 1.98. The van der Waals surface area contributed by atoms with Crippen LogP contribution in [0, 0.1) is 6.92 Å². The highest BCUT2D eigenvalue weighted by Gasteiger charge is 2.17. The van der Waals surface area contributed by atoms with Gasteiger partial charge in [-0.15, -0.1) is 0 Å². The second kappa shape index (κ2) is 3.74. The molecule has 0 aliphatic heterocycles. The molecule has 0 aromatic heterocycles. The Labute approximate surface area is 80.2 Å². The molecular weight excluding hydrogens is 190 g/mol. The van der Waals surface area contributed by atoms with Gasteiger partial charge >= 0.3 is 0 Å². The summed E-state index contributed by atoms with van der Waals surface area (Å²) in [5.74, 6) is -0.645. The van der Waals surface area contributed by atoms with Crippen LogP contribution in [0.5, 0.6) is 5.75 Å². The monoisotopic (exact) mass is 200 g/mol. The summed E-state index contributed by atoms with van der Waals surface area (Å²) >= 11 is 0. The number of hydrogen-bond donors (Lipinski definition) is 1. The van der Waals surface area contributed by atoms with Crippen molar-refractivity contribution < 1.29 is 18.7 Å². The summed E-state index contributed by atoms with van der Waals surface area (Å²) in [5.41, 5.74) is -0.0319. The van der Waals surface area contributed by atoms with Gasteiger partial charge in [-0.25, -0.2) is 8.78 Å². The first-order valence-electron chi connectivity index (χ1n) is 4.06. The summed E-state index contributed by atoms with van der Waals surface area (Å²) in [6, 6.07) is 2.22. The van der Waals surface area contributed by atoms with E-state index in [1.165, 1.54) is 13.0 Å². The van der Waals surface area contributed by atoms with Gasteiger partial charge in [0, 0.05) is 11.1 Å². The topological polar surface area (TPSA) is 37.3 Å². The van der Waals surface area contributed by atoms with Crippen LogP contribution >= 0.6 is 0 Å². The zero-order valence-electron chi connectivity index (χ0n) is 7.84. The lowest BCUT2D eigenvalue weighted by Crippen LogP contribution is -2.00. The molecule has 0 saturated carbocycles. The van der Waals surface area contributed by atoms with Crippen LogP contribution < -0.4 is 0 Å². The Bertz CT molecular complexity index is 373. The molecule has 0 unspecified atom stereocenters. The van der Waals surface area contributed by atoms with Crippen molar-refractivity contribution in [2.24, 2.45) is 0 Å². The lowest BCUT2D eigenvalue weighted by molar-refractivity contribution is 0.0998. The van der Waals surface area contributed by atoms with E-state index >= 15 is 0 Å². The van der Waals surface area contributed by atoms with Crippen LogP contribution in [0.1, 0.15) is 34.8 Å². The van der Waals surface area contributed by atoms with Crippen LogP contribution in [-0.2, 0) is 0 Å². The number of carbonyl (C=O) groups excluding carboxylic acids is 1. The van der Waals surface area contributed by atoms with Gasteiger partial charge in [0.2, 0.25) is 0 Å². The average Bonchev–Trinajstić information content (AvgIpc) is 2.08. The lowest BCUT2D eigenvalue weighted by Gasteiger charge is -2.08. The normalized spacial score (nSPS) is 10.6. The number of alkyl halides is 2. The van der Waals surface area contributed by atoms with E-state index in [2.05, 4.69) is 0 Å². The molecule has 0 saturated heterocycles. The molecule has 0 aliphatic carbocycles. The Morgan fingerprint density at radius 3 is 2.43 bits per heavy atom. The van der Waals surface area contributed by atoms with E-state index in [0.717, 1.165) is 6.07 Å². The number of halogens is 2. The van der Waals surface area contributed by atoms with Crippen molar-refractivity contribution in [2.45, 2.75) is 20.3 Å². The summed E-state index contributed by atoms with van der Waals surface area (Å²) in [6.45, 7) is 2.77. The van der Waals surface area contributed by atoms with Crippen LogP contribution in [0.15, 0.2) is 12.1 Å². The Balaban J connectivity index is 3.39. The van der Waals surface area contributed by atoms with Gasteiger partial charge in [0.1, 0.15) is 5.75 Å². The van der Waals surface area contributed by atoms with Crippen LogP contribution in [0.2, 0.25) is 0 Å². The molecule has 0 bridgehead atoms. The average molecular weight is 200 g/mol. The van der Waals surface area contributed by atoms with Crippen molar-refractivity contribution in [1.82, 2.24) is 0 Å². The van der Waals surface area contributed by atoms with Crippen molar-refractivity contribution in [3.63, 3.8) is 0 Å². The smallest absolute Gasteiger partial charge is 0.264 e. The number of carbonyl (C=O) groups is 1. The summed E-state index contributed by atoms with van der Waals surface area (Å²) in [5, 5.41) is 9.21. The molecule has 0 atom stereocenters. The minimum atomic E-state index is -2.75. The highest BCUT2D eigenvalue weighted by atomic mass is 19.3. The highest BCUT2D eigenvalue weighted by molar-refractivity contribution is 5.96. The molecule has 0 aliphatic rings. The first-order chi connectivity index (χ1) is 6.43. The van der Waals surface area contributed by atoms with Crippen LogP contribution in [0.25, 0.3) is 0 Å². The fourth-order valence-corrected chi connectivity index (χ4v) is 1.20. The second-order valence-electron chi connectivity index (χ2n) is 3.08. The maximum absolute atomic E-state index is 12.4.